The smallest absolute Gasteiger partial charge is 0.306 e. The van der Waals surface area contributed by atoms with Crippen LogP contribution in [0.3, 0.4) is 0 Å². The number of ether oxygens (including phenoxy) is 4. The first kappa shape index (κ1) is 19.4. The maximum atomic E-state index is 11.7. The molecule has 0 aromatic rings. The Bertz CT molecular complexity index is 435. The molecule has 0 aromatic carbocycles. The summed E-state index contributed by atoms with van der Waals surface area (Å²) in [6, 6.07) is 0. The van der Waals surface area contributed by atoms with Crippen molar-refractivity contribution in [1.82, 2.24) is 0 Å². The van der Waals surface area contributed by atoms with Gasteiger partial charge in [0, 0.05) is 20.0 Å². The van der Waals surface area contributed by atoms with Gasteiger partial charge in [-0.05, 0) is 0 Å². The number of rotatable bonds is 7. The molecule has 23 heavy (non-hydrogen) atoms. The van der Waals surface area contributed by atoms with E-state index in [4.69, 9.17) is 18.9 Å². The first-order valence-electron chi connectivity index (χ1n) is 7.61. The minimum absolute atomic E-state index is 0.0211. The Labute approximate surface area is 135 Å². The maximum Gasteiger partial charge on any atom is 0.306 e. The van der Waals surface area contributed by atoms with Gasteiger partial charge in [0.25, 0.3) is 0 Å². The first-order valence-corrected chi connectivity index (χ1v) is 7.61. The van der Waals surface area contributed by atoms with Gasteiger partial charge in [-0.15, -0.1) is 0 Å². The molecule has 132 valence electrons. The van der Waals surface area contributed by atoms with Gasteiger partial charge >= 0.3 is 17.9 Å². The lowest BCUT2D eigenvalue weighted by molar-refractivity contribution is -0.265. The van der Waals surface area contributed by atoms with Crippen LogP contribution in [0.1, 0.15) is 33.6 Å². The van der Waals surface area contributed by atoms with Crippen molar-refractivity contribution in [1.29, 1.82) is 0 Å². The Kier molecular flexibility index (Phi) is 7.44. The highest BCUT2D eigenvalue weighted by Gasteiger charge is 2.49. The van der Waals surface area contributed by atoms with Crippen molar-refractivity contribution in [3.8, 4) is 0 Å². The van der Waals surface area contributed by atoms with Gasteiger partial charge in [-0.1, -0.05) is 20.8 Å². The molecule has 0 bridgehead atoms. The van der Waals surface area contributed by atoms with Gasteiger partial charge in [0.2, 0.25) is 0 Å². The number of hydrogen-bond acceptors (Lipinski definition) is 7. The van der Waals surface area contributed by atoms with Crippen LogP contribution >= 0.6 is 0 Å². The molecule has 0 aromatic heterocycles. The highest BCUT2D eigenvalue weighted by Crippen LogP contribution is 2.33. The SMILES string of the molecule is CCC(=O)O[C@@H]1COC(OC)[C@H](OC(=O)CC)[C@H]1[C@H](C)C(=O)O. The molecule has 5 atom stereocenters. The summed E-state index contributed by atoms with van der Waals surface area (Å²) in [7, 11) is 1.37. The largest absolute Gasteiger partial charge is 0.481 e. The topological polar surface area (TPSA) is 108 Å². The number of carbonyl (C=O) groups excluding carboxylic acids is 2. The van der Waals surface area contributed by atoms with Crippen LogP contribution in [0.5, 0.6) is 0 Å². The molecule has 8 heteroatoms. The van der Waals surface area contributed by atoms with E-state index in [1.165, 1.54) is 14.0 Å². The summed E-state index contributed by atoms with van der Waals surface area (Å²) >= 11 is 0. The fourth-order valence-electron chi connectivity index (χ4n) is 2.50. The van der Waals surface area contributed by atoms with E-state index in [1.807, 2.05) is 0 Å². The van der Waals surface area contributed by atoms with Crippen molar-refractivity contribution in [3.63, 3.8) is 0 Å². The monoisotopic (exact) mass is 332 g/mol. The zero-order chi connectivity index (χ0) is 17.6. The lowest BCUT2D eigenvalue weighted by atomic mass is 9.82. The van der Waals surface area contributed by atoms with Crippen LogP contribution in [0.25, 0.3) is 0 Å². The van der Waals surface area contributed by atoms with Crippen molar-refractivity contribution >= 4 is 17.9 Å². The van der Waals surface area contributed by atoms with Gasteiger partial charge in [0.05, 0.1) is 18.4 Å². The third-order valence-electron chi connectivity index (χ3n) is 3.83. The van der Waals surface area contributed by atoms with Gasteiger partial charge in [-0.25, -0.2) is 0 Å². The average Bonchev–Trinajstić information content (AvgIpc) is 2.54. The second kappa shape index (κ2) is 8.83. The van der Waals surface area contributed by atoms with Crippen LogP contribution in [-0.2, 0) is 33.3 Å². The molecule has 0 amide bonds. The predicted octanol–water partition coefficient (Wildman–Crippen LogP) is 0.970. The van der Waals surface area contributed by atoms with E-state index in [-0.39, 0.29) is 19.4 Å². The summed E-state index contributed by atoms with van der Waals surface area (Å²) in [5, 5.41) is 9.35. The number of aliphatic carboxylic acids is 1. The van der Waals surface area contributed by atoms with Crippen LogP contribution in [-0.4, -0.2) is 55.2 Å². The first-order chi connectivity index (χ1) is 10.8. The molecule has 1 aliphatic heterocycles. The minimum Gasteiger partial charge on any atom is -0.481 e. The van der Waals surface area contributed by atoms with Crippen LogP contribution in [0.2, 0.25) is 0 Å². The van der Waals surface area contributed by atoms with Crippen LogP contribution in [0.4, 0.5) is 0 Å². The van der Waals surface area contributed by atoms with Crippen LogP contribution in [0.15, 0.2) is 0 Å². The van der Waals surface area contributed by atoms with Crippen LogP contribution in [0, 0.1) is 11.8 Å². The van der Waals surface area contributed by atoms with Gasteiger partial charge < -0.3 is 24.1 Å². The normalized spacial score (nSPS) is 28.7. The van der Waals surface area contributed by atoms with Crippen molar-refractivity contribution in [2.24, 2.45) is 11.8 Å². The van der Waals surface area contributed by atoms with Crippen molar-refractivity contribution < 1.29 is 38.4 Å². The Morgan fingerprint density at radius 3 is 2.22 bits per heavy atom. The molecule has 1 aliphatic rings. The van der Waals surface area contributed by atoms with Gasteiger partial charge in [0.1, 0.15) is 6.10 Å². The highest BCUT2D eigenvalue weighted by atomic mass is 16.7. The lowest BCUT2D eigenvalue weighted by Gasteiger charge is -2.42. The number of methoxy groups -OCH3 is 1. The third kappa shape index (κ3) is 4.90. The fourth-order valence-corrected chi connectivity index (χ4v) is 2.50. The van der Waals surface area contributed by atoms with Gasteiger partial charge in [0.15, 0.2) is 12.4 Å². The Morgan fingerprint density at radius 1 is 1.17 bits per heavy atom. The molecule has 1 N–H and O–H groups in total. The molecule has 1 rings (SSSR count). The summed E-state index contributed by atoms with van der Waals surface area (Å²) in [6.45, 7) is 4.71. The number of carbonyl (C=O) groups is 3. The molecule has 1 heterocycles. The predicted molar refractivity (Wildman–Crippen MR) is 77.4 cm³/mol. The van der Waals surface area contributed by atoms with Gasteiger partial charge in [-0.2, -0.15) is 0 Å². The second-order valence-corrected chi connectivity index (χ2v) is 5.33. The van der Waals surface area contributed by atoms with Crippen molar-refractivity contribution in [3.05, 3.63) is 0 Å². The number of carboxylic acid groups (broad SMARTS) is 1. The molecule has 0 saturated carbocycles. The summed E-state index contributed by atoms with van der Waals surface area (Å²) in [5.74, 6) is -3.75. The standard InChI is InChI=1S/C15H24O8/c1-5-10(16)22-9-7-21-15(20-4)13(23-11(17)6-2)12(9)8(3)14(18)19/h8-9,12-13,15H,5-7H2,1-4H3,(H,18,19)/t8-,9+,12-,13+,15?/m0/s1. The zero-order valence-corrected chi connectivity index (χ0v) is 13.8. The van der Waals surface area contributed by atoms with Crippen molar-refractivity contribution in [2.75, 3.05) is 13.7 Å². The Morgan fingerprint density at radius 2 is 1.74 bits per heavy atom. The molecular formula is C15H24O8. The van der Waals surface area contributed by atoms with E-state index in [0.29, 0.717) is 0 Å². The van der Waals surface area contributed by atoms with E-state index < -0.39 is 48.2 Å². The Hall–Kier alpha value is -1.67. The molecule has 0 spiro atoms. The molecule has 1 fully saturated rings. The zero-order valence-electron chi connectivity index (χ0n) is 13.8. The molecule has 1 unspecified atom stereocenters. The molecule has 0 aliphatic carbocycles. The van der Waals surface area contributed by atoms with E-state index in [9.17, 15) is 19.5 Å². The highest BCUT2D eigenvalue weighted by molar-refractivity contribution is 5.72. The molecule has 0 radical (unpaired) electrons. The molecule has 1 saturated heterocycles. The summed E-state index contributed by atoms with van der Waals surface area (Å²) in [6.07, 6.45) is -2.43. The number of hydrogen-bond donors (Lipinski definition) is 1. The number of carboxylic acids is 1. The summed E-state index contributed by atoms with van der Waals surface area (Å²) in [4.78, 5) is 34.7. The van der Waals surface area contributed by atoms with E-state index in [2.05, 4.69) is 0 Å². The lowest BCUT2D eigenvalue weighted by Crippen LogP contribution is -2.56. The van der Waals surface area contributed by atoms with E-state index >= 15 is 0 Å². The second-order valence-electron chi connectivity index (χ2n) is 5.33. The quantitative estimate of drug-likeness (QED) is 0.687. The average molecular weight is 332 g/mol. The van der Waals surface area contributed by atoms with Gasteiger partial charge in [-0.3, -0.25) is 14.4 Å². The summed E-state index contributed by atoms with van der Waals surface area (Å²) in [5.41, 5.74) is 0. The molecular weight excluding hydrogens is 308 g/mol. The maximum absolute atomic E-state index is 11.7. The fraction of sp³-hybridized carbons (Fsp3) is 0.800. The molecule has 8 nitrogen and oxygen atoms in total. The third-order valence-corrected chi connectivity index (χ3v) is 3.83. The summed E-state index contributed by atoms with van der Waals surface area (Å²) < 4.78 is 21.2. The van der Waals surface area contributed by atoms with Crippen molar-refractivity contribution in [2.45, 2.75) is 52.1 Å². The van der Waals surface area contributed by atoms with E-state index in [0.717, 1.165) is 0 Å². The van der Waals surface area contributed by atoms with Crippen LogP contribution < -0.4 is 0 Å². The minimum atomic E-state index is -1.08. The Balaban J connectivity index is 3.10. The number of esters is 2. The van der Waals surface area contributed by atoms with E-state index in [1.54, 1.807) is 13.8 Å².